The minimum Gasteiger partial charge on any atom is -0.375 e. The van der Waals surface area contributed by atoms with Crippen molar-refractivity contribution in [1.82, 2.24) is 9.88 Å². The van der Waals surface area contributed by atoms with E-state index >= 15 is 0 Å². The van der Waals surface area contributed by atoms with Crippen molar-refractivity contribution in [3.8, 4) is 0 Å². The lowest BCUT2D eigenvalue weighted by atomic mass is 10.0. The van der Waals surface area contributed by atoms with E-state index in [-0.39, 0.29) is 0 Å². The van der Waals surface area contributed by atoms with Crippen molar-refractivity contribution in [1.29, 1.82) is 0 Å². The molecule has 0 saturated carbocycles. The van der Waals surface area contributed by atoms with E-state index in [9.17, 15) is 0 Å². The molecule has 0 aliphatic rings. The molecule has 2 N–H and O–H groups in total. The lowest BCUT2D eigenvalue weighted by Crippen LogP contribution is -2.30. The van der Waals surface area contributed by atoms with Crippen molar-refractivity contribution < 1.29 is 0 Å². The zero-order chi connectivity index (χ0) is 14.5. The predicted molar refractivity (Wildman–Crippen MR) is 86.8 cm³/mol. The average Bonchev–Trinajstić information content (AvgIpc) is 2.91. The smallest absolute Gasteiger partial charge is 0.180 e. The molecule has 2 rings (SSSR count). The van der Waals surface area contributed by atoms with E-state index in [2.05, 4.69) is 61.0 Å². The summed E-state index contributed by atoms with van der Waals surface area (Å²) in [7, 11) is 0. The molecule has 2 aromatic rings. The summed E-state index contributed by atoms with van der Waals surface area (Å²) in [4.78, 5) is 7.93. The maximum Gasteiger partial charge on any atom is 0.180 e. The standard InChI is InChI=1S/C16H23N3S/c1-4-10-19(12(2)14-8-6-5-7-9-14)13(3)15-11-18-16(17)20-15/h5-9,11-13H,4,10H2,1-3H3,(H2,17,18). The van der Waals surface area contributed by atoms with Gasteiger partial charge in [0.2, 0.25) is 0 Å². The van der Waals surface area contributed by atoms with E-state index in [0.717, 1.165) is 13.0 Å². The van der Waals surface area contributed by atoms with Crippen LogP contribution in [0.1, 0.15) is 49.7 Å². The molecule has 0 radical (unpaired) electrons. The molecule has 0 saturated heterocycles. The topological polar surface area (TPSA) is 42.2 Å². The Balaban J connectivity index is 2.22. The Morgan fingerprint density at radius 3 is 2.45 bits per heavy atom. The highest BCUT2D eigenvalue weighted by Gasteiger charge is 2.23. The van der Waals surface area contributed by atoms with Gasteiger partial charge in [-0.2, -0.15) is 0 Å². The lowest BCUT2D eigenvalue weighted by molar-refractivity contribution is 0.156. The Morgan fingerprint density at radius 2 is 1.90 bits per heavy atom. The van der Waals surface area contributed by atoms with E-state index in [1.165, 1.54) is 10.4 Å². The minimum absolute atomic E-state index is 0.333. The van der Waals surface area contributed by atoms with Gasteiger partial charge >= 0.3 is 0 Å². The van der Waals surface area contributed by atoms with Crippen LogP contribution in [-0.4, -0.2) is 16.4 Å². The van der Waals surface area contributed by atoms with Gasteiger partial charge in [0, 0.05) is 23.2 Å². The first-order valence-electron chi connectivity index (χ1n) is 7.15. The second-order valence-electron chi connectivity index (χ2n) is 5.10. The molecule has 4 heteroatoms. The number of aromatic nitrogens is 1. The monoisotopic (exact) mass is 289 g/mol. The van der Waals surface area contributed by atoms with Crippen molar-refractivity contribution in [2.24, 2.45) is 0 Å². The molecule has 0 spiro atoms. The quantitative estimate of drug-likeness (QED) is 0.864. The molecule has 2 unspecified atom stereocenters. The van der Waals surface area contributed by atoms with Gasteiger partial charge < -0.3 is 5.73 Å². The van der Waals surface area contributed by atoms with Crippen LogP contribution in [-0.2, 0) is 0 Å². The van der Waals surface area contributed by atoms with Crippen LogP contribution >= 0.6 is 11.3 Å². The molecule has 1 aromatic carbocycles. The van der Waals surface area contributed by atoms with Crippen molar-refractivity contribution in [2.45, 2.75) is 39.3 Å². The molecule has 2 atom stereocenters. The molecule has 0 fully saturated rings. The average molecular weight is 289 g/mol. The van der Waals surface area contributed by atoms with Gasteiger partial charge in [0.1, 0.15) is 0 Å². The molecule has 3 nitrogen and oxygen atoms in total. The first-order chi connectivity index (χ1) is 9.63. The molecule has 108 valence electrons. The van der Waals surface area contributed by atoms with E-state index in [1.807, 2.05) is 6.20 Å². The van der Waals surface area contributed by atoms with Crippen LogP contribution in [0.3, 0.4) is 0 Å². The third-order valence-corrected chi connectivity index (χ3v) is 4.71. The first-order valence-corrected chi connectivity index (χ1v) is 7.97. The predicted octanol–water partition coefficient (Wildman–Crippen LogP) is 4.26. The fraction of sp³-hybridized carbons (Fsp3) is 0.438. The SMILES string of the molecule is CCCN(C(C)c1ccccc1)C(C)c1cnc(N)s1. The van der Waals surface area contributed by atoms with Crippen molar-refractivity contribution in [2.75, 3.05) is 12.3 Å². The number of rotatable bonds is 6. The number of anilines is 1. The summed E-state index contributed by atoms with van der Waals surface area (Å²) < 4.78 is 0. The Bertz CT molecular complexity index is 524. The highest BCUT2D eigenvalue weighted by Crippen LogP contribution is 2.33. The van der Waals surface area contributed by atoms with Crippen LogP contribution in [0.4, 0.5) is 5.13 Å². The summed E-state index contributed by atoms with van der Waals surface area (Å²) in [5.41, 5.74) is 7.12. The Labute approximate surface area is 125 Å². The molecule has 0 bridgehead atoms. The third kappa shape index (κ3) is 3.38. The Morgan fingerprint density at radius 1 is 1.20 bits per heavy atom. The number of hydrogen-bond donors (Lipinski definition) is 1. The van der Waals surface area contributed by atoms with Crippen LogP contribution in [0.25, 0.3) is 0 Å². The second kappa shape index (κ2) is 6.86. The second-order valence-corrected chi connectivity index (χ2v) is 6.20. The number of nitrogen functional groups attached to an aromatic ring is 1. The minimum atomic E-state index is 0.333. The van der Waals surface area contributed by atoms with E-state index in [0.29, 0.717) is 17.2 Å². The van der Waals surface area contributed by atoms with Gasteiger partial charge in [0.25, 0.3) is 0 Å². The number of nitrogens with two attached hydrogens (primary N) is 1. The molecular weight excluding hydrogens is 266 g/mol. The number of hydrogen-bond acceptors (Lipinski definition) is 4. The van der Waals surface area contributed by atoms with Gasteiger partial charge in [-0.1, -0.05) is 37.3 Å². The molecule has 0 amide bonds. The van der Waals surface area contributed by atoms with E-state index in [4.69, 9.17) is 5.73 Å². The Hall–Kier alpha value is -1.39. The van der Waals surface area contributed by atoms with Gasteiger partial charge in [-0.05, 0) is 32.4 Å². The highest BCUT2D eigenvalue weighted by molar-refractivity contribution is 7.15. The van der Waals surface area contributed by atoms with Crippen LogP contribution < -0.4 is 5.73 Å². The van der Waals surface area contributed by atoms with Crippen LogP contribution in [0.5, 0.6) is 0 Å². The summed E-state index contributed by atoms with van der Waals surface area (Å²) in [6, 6.07) is 11.4. The molecular formula is C16H23N3S. The third-order valence-electron chi connectivity index (χ3n) is 3.71. The van der Waals surface area contributed by atoms with Gasteiger partial charge in [-0.25, -0.2) is 4.98 Å². The summed E-state index contributed by atoms with van der Waals surface area (Å²) in [5, 5.41) is 0.649. The van der Waals surface area contributed by atoms with Crippen LogP contribution in [0.2, 0.25) is 0 Å². The van der Waals surface area contributed by atoms with Gasteiger partial charge in [0.05, 0.1) is 0 Å². The summed E-state index contributed by atoms with van der Waals surface area (Å²) in [6.07, 6.45) is 3.04. The van der Waals surface area contributed by atoms with Gasteiger partial charge in [-0.15, -0.1) is 11.3 Å². The van der Waals surface area contributed by atoms with Crippen molar-refractivity contribution in [3.05, 3.63) is 47.0 Å². The summed E-state index contributed by atoms with van der Waals surface area (Å²) >= 11 is 1.59. The largest absolute Gasteiger partial charge is 0.375 e. The van der Waals surface area contributed by atoms with Gasteiger partial charge in [0.15, 0.2) is 5.13 Å². The fourth-order valence-corrected chi connectivity index (χ4v) is 3.32. The number of thiazole rings is 1. The molecule has 20 heavy (non-hydrogen) atoms. The van der Waals surface area contributed by atoms with Crippen molar-refractivity contribution >= 4 is 16.5 Å². The van der Waals surface area contributed by atoms with Gasteiger partial charge in [-0.3, -0.25) is 4.90 Å². The number of benzene rings is 1. The van der Waals surface area contributed by atoms with Crippen LogP contribution in [0.15, 0.2) is 36.5 Å². The normalized spacial score (nSPS) is 14.4. The summed E-state index contributed by atoms with van der Waals surface area (Å²) in [6.45, 7) is 7.79. The highest BCUT2D eigenvalue weighted by atomic mass is 32.1. The lowest BCUT2D eigenvalue weighted by Gasteiger charge is -2.34. The molecule has 1 heterocycles. The van der Waals surface area contributed by atoms with Crippen molar-refractivity contribution in [3.63, 3.8) is 0 Å². The first kappa shape index (κ1) is 15.0. The molecule has 0 aliphatic heterocycles. The zero-order valence-electron chi connectivity index (χ0n) is 12.4. The van der Waals surface area contributed by atoms with E-state index < -0.39 is 0 Å². The van der Waals surface area contributed by atoms with Crippen LogP contribution in [0, 0.1) is 0 Å². The van der Waals surface area contributed by atoms with E-state index in [1.54, 1.807) is 11.3 Å². The number of nitrogens with zero attached hydrogens (tertiary/aromatic N) is 2. The molecule has 0 aliphatic carbocycles. The Kier molecular flexibility index (Phi) is 5.15. The summed E-state index contributed by atoms with van der Waals surface area (Å²) in [5.74, 6) is 0. The molecule has 1 aromatic heterocycles. The maximum absolute atomic E-state index is 5.77. The fourth-order valence-electron chi connectivity index (χ4n) is 2.56. The maximum atomic E-state index is 5.77. The zero-order valence-corrected chi connectivity index (χ0v) is 13.2.